The van der Waals surface area contributed by atoms with E-state index < -0.39 is 5.97 Å². The van der Waals surface area contributed by atoms with Crippen LogP contribution in [0.5, 0.6) is 0 Å². The minimum absolute atomic E-state index is 0.0723. The normalized spacial score (nSPS) is 11.8. The van der Waals surface area contributed by atoms with E-state index in [2.05, 4.69) is 25.9 Å². The van der Waals surface area contributed by atoms with Crippen LogP contribution < -0.4 is 5.48 Å². The Kier molecular flexibility index (Phi) is 15.3. The lowest BCUT2D eigenvalue weighted by molar-refractivity contribution is -0.156. The van der Waals surface area contributed by atoms with Gasteiger partial charge in [-0.1, -0.05) is 91.1 Å². The molecule has 0 aliphatic carbocycles. The van der Waals surface area contributed by atoms with Crippen LogP contribution in [0.15, 0.2) is 12.2 Å². The fourth-order valence-corrected chi connectivity index (χ4v) is 2.90. The first-order valence-electron chi connectivity index (χ1n) is 10.2. The average Bonchev–Trinajstić information content (AvgIpc) is 2.59. The maximum atomic E-state index is 12.1. The molecule has 0 aliphatic rings. The Balaban J connectivity index is 3.79. The number of hydrogen-bond acceptors (Lipinski definition) is 3. The van der Waals surface area contributed by atoms with E-state index in [0.717, 1.165) is 25.7 Å². The molecule has 4 nitrogen and oxygen atoms in total. The van der Waals surface area contributed by atoms with Crippen molar-refractivity contribution in [1.29, 1.82) is 0 Å². The second kappa shape index (κ2) is 16.2. The number of carbonyl (C=O) groups excluding carboxylic acids is 2. The van der Waals surface area contributed by atoms with Crippen LogP contribution in [-0.2, 0) is 14.4 Å². The summed E-state index contributed by atoms with van der Waals surface area (Å²) in [5.41, 5.74) is 2.56. The highest BCUT2D eigenvalue weighted by Gasteiger charge is 2.18. The van der Waals surface area contributed by atoms with E-state index in [1.165, 1.54) is 57.8 Å². The van der Waals surface area contributed by atoms with Crippen molar-refractivity contribution < 1.29 is 14.4 Å². The van der Waals surface area contributed by atoms with Crippen LogP contribution in [0, 0.1) is 5.92 Å². The van der Waals surface area contributed by atoms with E-state index in [1.807, 2.05) is 0 Å². The lowest BCUT2D eigenvalue weighted by Gasteiger charge is -2.15. The van der Waals surface area contributed by atoms with Gasteiger partial charge in [-0.15, -0.1) is 0 Å². The van der Waals surface area contributed by atoms with Gasteiger partial charge in [-0.05, 0) is 19.8 Å². The number of carbonyl (C=O) groups is 2. The summed E-state index contributed by atoms with van der Waals surface area (Å²) in [5, 5.41) is 0. The zero-order valence-electron chi connectivity index (χ0n) is 16.7. The standard InChI is InChI=1S/C21H39NO3/c1-5-7-8-9-10-11-12-13-14-15-17-19(16-6-2)20(23)22-25-21(24)18(3)4/h19H,3,5-17H2,1-2,4H3,(H,22,23). The molecule has 0 rings (SSSR count). The van der Waals surface area contributed by atoms with Gasteiger partial charge in [0, 0.05) is 11.5 Å². The molecule has 0 saturated carbocycles. The van der Waals surface area contributed by atoms with Crippen molar-refractivity contribution in [2.45, 2.75) is 104 Å². The van der Waals surface area contributed by atoms with Crippen LogP contribution >= 0.6 is 0 Å². The molecular weight excluding hydrogens is 314 g/mol. The predicted molar refractivity (Wildman–Crippen MR) is 104 cm³/mol. The third-order valence-electron chi connectivity index (χ3n) is 4.51. The first-order chi connectivity index (χ1) is 12.0. The maximum Gasteiger partial charge on any atom is 0.358 e. The molecule has 0 radical (unpaired) electrons. The van der Waals surface area contributed by atoms with E-state index in [9.17, 15) is 9.59 Å². The van der Waals surface area contributed by atoms with E-state index in [0.29, 0.717) is 0 Å². The molecule has 0 saturated heterocycles. The smallest absolute Gasteiger partial charge is 0.336 e. The molecule has 25 heavy (non-hydrogen) atoms. The number of nitrogens with one attached hydrogen (secondary N) is 1. The lowest BCUT2D eigenvalue weighted by Crippen LogP contribution is -2.33. The van der Waals surface area contributed by atoms with Crippen molar-refractivity contribution in [1.82, 2.24) is 5.48 Å². The summed E-state index contributed by atoms with van der Waals surface area (Å²) in [6.07, 6.45) is 15.5. The molecule has 1 N–H and O–H groups in total. The fourth-order valence-electron chi connectivity index (χ4n) is 2.90. The van der Waals surface area contributed by atoms with Gasteiger partial charge in [-0.25, -0.2) is 4.79 Å². The molecule has 1 atom stereocenters. The van der Waals surface area contributed by atoms with Crippen LogP contribution in [0.1, 0.15) is 104 Å². The molecule has 0 heterocycles. The average molecular weight is 354 g/mol. The number of unbranched alkanes of at least 4 members (excludes halogenated alkanes) is 9. The third-order valence-corrected chi connectivity index (χ3v) is 4.51. The highest BCUT2D eigenvalue weighted by molar-refractivity contribution is 5.88. The lowest BCUT2D eigenvalue weighted by atomic mass is 9.95. The van der Waals surface area contributed by atoms with Gasteiger partial charge in [0.05, 0.1) is 0 Å². The molecule has 0 spiro atoms. The summed E-state index contributed by atoms with van der Waals surface area (Å²) in [6, 6.07) is 0. The Hall–Kier alpha value is -1.32. The Morgan fingerprint density at radius 2 is 1.36 bits per heavy atom. The Bertz CT molecular complexity index is 379. The number of hydroxylamine groups is 1. The third kappa shape index (κ3) is 13.6. The molecule has 0 bridgehead atoms. The number of hydrogen-bond donors (Lipinski definition) is 1. The molecule has 1 amide bonds. The van der Waals surface area contributed by atoms with Crippen molar-refractivity contribution in [2.24, 2.45) is 5.92 Å². The Morgan fingerprint density at radius 1 is 0.840 bits per heavy atom. The zero-order valence-corrected chi connectivity index (χ0v) is 16.7. The highest BCUT2D eigenvalue weighted by atomic mass is 16.7. The van der Waals surface area contributed by atoms with Gasteiger partial charge < -0.3 is 4.84 Å². The van der Waals surface area contributed by atoms with Gasteiger partial charge in [0.1, 0.15) is 0 Å². The van der Waals surface area contributed by atoms with Crippen LogP contribution in [0.4, 0.5) is 0 Å². The molecule has 1 unspecified atom stereocenters. The van der Waals surface area contributed by atoms with Gasteiger partial charge in [0.2, 0.25) is 0 Å². The van der Waals surface area contributed by atoms with Crippen LogP contribution in [0.3, 0.4) is 0 Å². The topological polar surface area (TPSA) is 55.4 Å². The summed E-state index contributed by atoms with van der Waals surface area (Å²) in [7, 11) is 0. The van der Waals surface area contributed by atoms with Gasteiger partial charge in [-0.3, -0.25) is 4.79 Å². The maximum absolute atomic E-state index is 12.1. The van der Waals surface area contributed by atoms with Crippen molar-refractivity contribution in [2.75, 3.05) is 0 Å². The summed E-state index contributed by atoms with van der Waals surface area (Å²) in [5.74, 6) is -0.841. The molecular formula is C21H39NO3. The second-order valence-corrected chi connectivity index (χ2v) is 7.09. The van der Waals surface area contributed by atoms with Crippen LogP contribution in [0.25, 0.3) is 0 Å². The van der Waals surface area contributed by atoms with E-state index in [1.54, 1.807) is 6.92 Å². The molecule has 0 aliphatic heterocycles. The summed E-state index contributed by atoms with van der Waals surface area (Å²) < 4.78 is 0. The second-order valence-electron chi connectivity index (χ2n) is 7.09. The van der Waals surface area contributed by atoms with E-state index in [-0.39, 0.29) is 17.4 Å². The molecule has 0 aromatic rings. The Labute approximate surface area is 154 Å². The monoisotopic (exact) mass is 353 g/mol. The first-order valence-corrected chi connectivity index (χ1v) is 10.2. The van der Waals surface area contributed by atoms with Gasteiger partial charge >= 0.3 is 5.97 Å². The van der Waals surface area contributed by atoms with Crippen molar-refractivity contribution in [3.63, 3.8) is 0 Å². The van der Waals surface area contributed by atoms with E-state index >= 15 is 0 Å². The van der Waals surface area contributed by atoms with Crippen LogP contribution in [0.2, 0.25) is 0 Å². The SMILES string of the molecule is C=C(C)C(=O)ONC(=O)C(CCC)CCCCCCCCCCCC. The molecule has 0 aromatic carbocycles. The van der Waals surface area contributed by atoms with Gasteiger partial charge in [0.15, 0.2) is 0 Å². The minimum atomic E-state index is -0.581. The number of rotatable bonds is 15. The van der Waals surface area contributed by atoms with Crippen molar-refractivity contribution in [3.8, 4) is 0 Å². The molecule has 0 aromatic heterocycles. The Morgan fingerprint density at radius 3 is 1.84 bits per heavy atom. The van der Waals surface area contributed by atoms with Crippen molar-refractivity contribution >= 4 is 11.9 Å². The summed E-state index contributed by atoms with van der Waals surface area (Å²) in [6.45, 7) is 9.37. The zero-order chi connectivity index (χ0) is 18.9. The van der Waals surface area contributed by atoms with E-state index in [4.69, 9.17) is 4.84 Å². The molecule has 146 valence electrons. The fraction of sp³-hybridized carbons (Fsp3) is 0.810. The highest BCUT2D eigenvalue weighted by Crippen LogP contribution is 2.18. The van der Waals surface area contributed by atoms with Crippen molar-refractivity contribution in [3.05, 3.63) is 12.2 Å². The van der Waals surface area contributed by atoms with Gasteiger partial charge in [0.25, 0.3) is 5.91 Å². The summed E-state index contributed by atoms with van der Waals surface area (Å²) >= 11 is 0. The molecule has 4 heteroatoms. The predicted octanol–water partition coefficient (Wildman–Crippen LogP) is 5.86. The summed E-state index contributed by atoms with van der Waals surface area (Å²) in [4.78, 5) is 28.2. The first kappa shape index (κ1) is 23.7. The van der Waals surface area contributed by atoms with Crippen LogP contribution in [-0.4, -0.2) is 11.9 Å². The molecule has 0 fully saturated rings. The minimum Gasteiger partial charge on any atom is -0.336 e. The quantitative estimate of drug-likeness (QED) is 0.228. The largest absolute Gasteiger partial charge is 0.358 e. The van der Waals surface area contributed by atoms with Gasteiger partial charge in [-0.2, -0.15) is 5.48 Å². The number of amides is 1.